The summed E-state index contributed by atoms with van der Waals surface area (Å²) in [5.41, 5.74) is 3.13. The summed E-state index contributed by atoms with van der Waals surface area (Å²) in [4.78, 5) is 24.9. The molecule has 0 aliphatic heterocycles. The first kappa shape index (κ1) is 19.9. The van der Waals surface area contributed by atoms with E-state index < -0.39 is 0 Å². The molecule has 0 unspecified atom stereocenters. The number of methoxy groups -OCH3 is 1. The Morgan fingerprint density at radius 3 is 2.42 bits per heavy atom. The molecule has 0 radical (unpaired) electrons. The second kappa shape index (κ2) is 8.54. The van der Waals surface area contributed by atoms with Crippen LogP contribution < -0.4 is 15.4 Å². The quantitative estimate of drug-likeness (QED) is 0.446. The summed E-state index contributed by atoms with van der Waals surface area (Å²) in [5.74, 6) is 0.0199. The van der Waals surface area contributed by atoms with Crippen molar-refractivity contribution in [3.8, 4) is 17.0 Å². The van der Waals surface area contributed by atoms with Crippen molar-refractivity contribution in [1.82, 2.24) is 20.0 Å². The minimum Gasteiger partial charge on any atom is -0.497 e. The van der Waals surface area contributed by atoms with Gasteiger partial charge in [0.05, 0.1) is 12.8 Å². The number of aryl methyl sites for hydroxylation is 1. The number of H-pyrrole nitrogens is 1. The van der Waals surface area contributed by atoms with Crippen molar-refractivity contribution >= 4 is 23.2 Å². The van der Waals surface area contributed by atoms with E-state index in [4.69, 9.17) is 4.74 Å². The highest BCUT2D eigenvalue weighted by Gasteiger charge is 2.13. The van der Waals surface area contributed by atoms with Crippen molar-refractivity contribution in [2.24, 2.45) is 7.05 Å². The largest absolute Gasteiger partial charge is 0.497 e. The van der Waals surface area contributed by atoms with Crippen LogP contribution in [-0.4, -0.2) is 38.9 Å². The van der Waals surface area contributed by atoms with Crippen molar-refractivity contribution < 1.29 is 14.3 Å². The summed E-state index contributed by atoms with van der Waals surface area (Å²) in [6, 6.07) is 17.6. The topological polar surface area (TPSA) is 114 Å². The maximum Gasteiger partial charge on any atom is 0.276 e. The van der Waals surface area contributed by atoms with Crippen LogP contribution in [0.1, 0.15) is 21.0 Å². The lowest BCUT2D eigenvalue weighted by Crippen LogP contribution is -2.14. The summed E-state index contributed by atoms with van der Waals surface area (Å²) in [7, 11) is 3.33. The highest BCUT2D eigenvalue weighted by Crippen LogP contribution is 2.23. The molecule has 0 saturated heterocycles. The molecule has 9 nitrogen and oxygen atoms in total. The Balaban J connectivity index is 1.45. The van der Waals surface area contributed by atoms with Gasteiger partial charge in [-0.3, -0.25) is 19.4 Å². The van der Waals surface area contributed by atoms with Crippen LogP contribution in [0.15, 0.2) is 66.9 Å². The van der Waals surface area contributed by atoms with Crippen molar-refractivity contribution in [3.05, 3.63) is 78.2 Å². The van der Waals surface area contributed by atoms with Crippen molar-refractivity contribution in [1.29, 1.82) is 0 Å². The van der Waals surface area contributed by atoms with Crippen LogP contribution in [0.5, 0.6) is 5.75 Å². The fourth-order valence-corrected chi connectivity index (χ4v) is 2.97. The second-order valence-corrected chi connectivity index (χ2v) is 6.76. The number of rotatable bonds is 6. The summed E-state index contributed by atoms with van der Waals surface area (Å²) in [6.45, 7) is 0. The number of aromatic nitrogens is 4. The Morgan fingerprint density at radius 1 is 0.968 bits per heavy atom. The minimum atomic E-state index is -0.352. The van der Waals surface area contributed by atoms with Gasteiger partial charge in [0.1, 0.15) is 11.4 Å². The van der Waals surface area contributed by atoms with Crippen LogP contribution in [-0.2, 0) is 7.05 Å². The third-order valence-corrected chi connectivity index (χ3v) is 4.51. The monoisotopic (exact) mass is 416 g/mol. The molecule has 31 heavy (non-hydrogen) atoms. The van der Waals surface area contributed by atoms with E-state index in [2.05, 4.69) is 25.9 Å². The number of benzene rings is 2. The van der Waals surface area contributed by atoms with Crippen LogP contribution in [0.3, 0.4) is 0 Å². The Kier molecular flexibility index (Phi) is 5.48. The Hall–Kier alpha value is -4.40. The van der Waals surface area contributed by atoms with E-state index in [-0.39, 0.29) is 11.8 Å². The molecule has 156 valence electrons. The normalized spacial score (nSPS) is 10.5. The first-order valence-corrected chi connectivity index (χ1v) is 9.44. The fourth-order valence-electron chi connectivity index (χ4n) is 2.97. The van der Waals surface area contributed by atoms with Crippen LogP contribution in [0.2, 0.25) is 0 Å². The van der Waals surface area contributed by atoms with E-state index in [0.29, 0.717) is 34.2 Å². The second-order valence-electron chi connectivity index (χ2n) is 6.76. The molecular formula is C22H20N6O3. The molecule has 0 saturated carbocycles. The van der Waals surface area contributed by atoms with Gasteiger partial charge in [0.25, 0.3) is 11.8 Å². The van der Waals surface area contributed by atoms with Gasteiger partial charge in [0, 0.05) is 30.2 Å². The van der Waals surface area contributed by atoms with E-state index in [1.807, 2.05) is 24.3 Å². The molecule has 0 bridgehead atoms. The van der Waals surface area contributed by atoms with Gasteiger partial charge >= 0.3 is 0 Å². The standard InChI is InChI=1S/C22H20N6O3/c1-28-10-9-18(27-28)21(29)23-15-6-4-7-16(12-15)24-22(30)20-13-19(25-26-20)14-5-3-8-17(11-14)31-2/h3-13H,1-2H3,(H,23,29)(H,24,30)(H,25,26). The molecular weight excluding hydrogens is 396 g/mol. The van der Waals surface area contributed by atoms with Gasteiger partial charge in [0.2, 0.25) is 0 Å². The number of carbonyl (C=O) groups excluding carboxylic acids is 2. The number of aromatic amines is 1. The van der Waals surface area contributed by atoms with Gasteiger partial charge in [-0.2, -0.15) is 10.2 Å². The maximum absolute atomic E-state index is 12.6. The Labute approximate surface area is 178 Å². The molecule has 9 heteroatoms. The summed E-state index contributed by atoms with van der Waals surface area (Å²) >= 11 is 0. The molecule has 4 rings (SSSR count). The van der Waals surface area contributed by atoms with Crippen molar-refractivity contribution in [3.63, 3.8) is 0 Å². The number of carbonyl (C=O) groups is 2. The van der Waals surface area contributed by atoms with Gasteiger partial charge in [-0.15, -0.1) is 0 Å². The lowest BCUT2D eigenvalue weighted by Gasteiger charge is -2.07. The molecule has 2 aromatic carbocycles. The number of hydrogen-bond donors (Lipinski definition) is 3. The highest BCUT2D eigenvalue weighted by atomic mass is 16.5. The summed E-state index contributed by atoms with van der Waals surface area (Å²) in [6.07, 6.45) is 1.69. The minimum absolute atomic E-state index is 0.305. The van der Waals surface area contributed by atoms with Gasteiger partial charge < -0.3 is 15.4 Å². The Morgan fingerprint density at radius 2 is 1.71 bits per heavy atom. The predicted molar refractivity (Wildman–Crippen MR) is 116 cm³/mol. The molecule has 2 aromatic heterocycles. The molecule has 0 aliphatic rings. The number of nitrogens with one attached hydrogen (secondary N) is 3. The average Bonchev–Trinajstić information content (AvgIpc) is 3.44. The van der Waals surface area contributed by atoms with Crippen molar-refractivity contribution in [2.75, 3.05) is 17.7 Å². The van der Waals surface area contributed by atoms with Crippen molar-refractivity contribution in [2.45, 2.75) is 0 Å². The Bertz CT molecular complexity index is 1240. The summed E-state index contributed by atoms with van der Waals surface area (Å²) < 4.78 is 6.78. The maximum atomic E-state index is 12.6. The van der Waals surface area contributed by atoms with E-state index in [1.54, 1.807) is 61.4 Å². The van der Waals surface area contributed by atoms with E-state index in [1.165, 1.54) is 0 Å². The van der Waals surface area contributed by atoms with E-state index >= 15 is 0 Å². The highest BCUT2D eigenvalue weighted by molar-refractivity contribution is 6.05. The SMILES string of the molecule is COc1cccc(-c2cc(C(=O)Nc3cccc(NC(=O)c4ccn(C)n4)c3)[nH]n2)c1. The number of ether oxygens (including phenoxy) is 1. The van der Waals surface area contributed by atoms with Gasteiger partial charge in [-0.1, -0.05) is 18.2 Å². The lowest BCUT2D eigenvalue weighted by molar-refractivity contribution is 0.101. The molecule has 0 fully saturated rings. The molecule has 3 N–H and O–H groups in total. The van der Waals surface area contributed by atoms with Crippen LogP contribution >= 0.6 is 0 Å². The first-order valence-electron chi connectivity index (χ1n) is 9.44. The molecule has 2 amide bonds. The molecule has 0 spiro atoms. The smallest absolute Gasteiger partial charge is 0.276 e. The van der Waals surface area contributed by atoms with E-state index in [0.717, 1.165) is 5.56 Å². The number of anilines is 2. The van der Waals surface area contributed by atoms with Gasteiger partial charge in [-0.25, -0.2) is 0 Å². The lowest BCUT2D eigenvalue weighted by atomic mass is 10.1. The summed E-state index contributed by atoms with van der Waals surface area (Å²) in [5, 5.41) is 16.6. The molecule has 0 aliphatic carbocycles. The van der Waals surface area contributed by atoms with Crippen LogP contribution in [0.25, 0.3) is 11.3 Å². The zero-order chi connectivity index (χ0) is 21.8. The molecule has 2 heterocycles. The van der Waals surface area contributed by atoms with Crippen LogP contribution in [0.4, 0.5) is 11.4 Å². The number of amides is 2. The number of hydrogen-bond acceptors (Lipinski definition) is 5. The average molecular weight is 416 g/mol. The zero-order valence-electron chi connectivity index (χ0n) is 16.9. The van der Waals surface area contributed by atoms with Gasteiger partial charge in [0.15, 0.2) is 5.69 Å². The number of nitrogens with zero attached hydrogens (tertiary/aromatic N) is 3. The van der Waals surface area contributed by atoms with Crippen LogP contribution in [0, 0.1) is 0 Å². The molecule has 4 aromatic rings. The first-order chi connectivity index (χ1) is 15.0. The van der Waals surface area contributed by atoms with Gasteiger partial charge in [-0.05, 0) is 42.5 Å². The fraction of sp³-hybridized carbons (Fsp3) is 0.0909. The molecule has 0 atom stereocenters. The predicted octanol–water partition coefficient (Wildman–Crippen LogP) is 3.32. The van der Waals surface area contributed by atoms with E-state index in [9.17, 15) is 9.59 Å². The zero-order valence-corrected chi connectivity index (χ0v) is 16.9. The third-order valence-electron chi connectivity index (χ3n) is 4.51. The third kappa shape index (κ3) is 4.61.